The van der Waals surface area contributed by atoms with E-state index in [9.17, 15) is 9.90 Å². The van der Waals surface area contributed by atoms with Crippen molar-refractivity contribution < 1.29 is 5.11 Å². The number of aryl methyl sites for hydroxylation is 1. The molecular weight excluding hydrogens is 294 g/mol. The van der Waals surface area contributed by atoms with Crippen molar-refractivity contribution in [3.63, 3.8) is 0 Å². The molecule has 0 atom stereocenters. The van der Waals surface area contributed by atoms with Crippen molar-refractivity contribution in [2.75, 3.05) is 6.26 Å². The molecule has 1 N–H and O–H groups in total. The molecule has 3 nitrogen and oxygen atoms in total. The SMILES string of the molecule is CSc1ccc(Cc2c(O)c3ccccc3n(C)c2=O)cc1. The monoisotopic (exact) mass is 311 g/mol. The van der Waals surface area contributed by atoms with Gasteiger partial charge in [-0.2, -0.15) is 0 Å². The van der Waals surface area contributed by atoms with Crippen LogP contribution >= 0.6 is 11.8 Å². The Balaban J connectivity index is 2.12. The summed E-state index contributed by atoms with van der Waals surface area (Å²) in [5.41, 5.74) is 2.05. The molecule has 0 amide bonds. The summed E-state index contributed by atoms with van der Waals surface area (Å²) in [6.07, 6.45) is 2.46. The van der Waals surface area contributed by atoms with E-state index in [0.717, 1.165) is 11.1 Å². The van der Waals surface area contributed by atoms with Crippen LogP contribution in [0.5, 0.6) is 5.75 Å². The summed E-state index contributed by atoms with van der Waals surface area (Å²) < 4.78 is 1.60. The van der Waals surface area contributed by atoms with Crippen LogP contribution in [0.1, 0.15) is 11.1 Å². The largest absolute Gasteiger partial charge is 0.507 e. The zero-order chi connectivity index (χ0) is 15.7. The maximum absolute atomic E-state index is 12.5. The fraction of sp³-hybridized carbons (Fsp3) is 0.167. The van der Waals surface area contributed by atoms with Gasteiger partial charge in [0.2, 0.25) is 0 Å². The number of benzene rings is 2. The van der Waals surface area contributed by atoms with Crippen molar-refractivity contribution in [3.8, 4) is 5.75 Å². The van der Waals surface area contributed by atoms with Gasteiger partial charge in [0.15, 0.2) is 0 Å². The third kappa shape index (κ3) is 2.50. The Hall–Kier alpha value is -2.20. The van der Waals surface area contributed by atoms with Crippen LogP contribution in [0.25, 0.3) is 10.9 Å². The molecule has 2 aromatic carbocycles. The van der Waals surface area contributed by atoms with Gasteiger partial charge in [0.05, 0.1) is 11.1 Å². The quantitative estimate of drug-likeness (QED) is 0.752. The summed E-state index contributed by atoms with van der Waals surface area (Å²) >= 11 is 1.68. The van der Waals surface area contributed by atoms with Crippen molar-refractivity contribution >= 4 is 22.7 Å². The van der Waals surface area contributed by atoms with E-state index in [1.807, 2.05) is 54.8 Å². The van der Waals surface area contributed by atoms with E-state index in [2.05, 4.69) is 0 Å². The molecule has 0 bridgehead atoms. The van der Waals surface area contributed by atoms with Crippen LogP contribution < -0.4 is 5.56 Å². The lowest BCUT2D eigenvalue weighted by Gasteiger charge is -2.12. The minimum Gasteiger partial charge on any atom is -0.507 e. The summed E-state index contributed by atoms with van der Waals surface area (Å²) in [5, 5.41) is 11.2. The smallest absolute Gasteiger partial charge is 0.258 e. The molecule has 112 valence electrons. The fourth-order valence-electron chi connectivity index (χ4n) is 2.65. The van der Waals surface area contributed by atoms with Gasteiger partial charge in [0, 0.05) is 23.8 Å². The molecular formula is C18H17NO2S. The Morgan fingerprint density at radius 1 is 1.09 bits per heavy atom. The van der Waals surface area contributed by atoms with E-state index < -0.39 is 0 Å². The van der Waals surface area contributed by atoms with Gasteiger partial charge in [-0.15, -0.1) is 11.8 Å². The second-order valence-electron chi connectivity index (χ2n) is 5.23. The maximum Gasteiger partial charge on any atom is 0.258 e. The predicted molar refractivity (Wildman–Crippen MR) is 91.9 cm³/mol. The highest BCUT2D eigenvalue weighted by atomic mass is 32.2. The van der Waals surface area contributed by atoms with Crippen molar-refractivity contribution in [1.82, 2.24) is 4.57 Å². The van der Waals surface area contributed by atoms with Gasteiger partial charge in [0.25, 0.3) is 5.56 Å². The highest BCUT2D eigenvalue weighted by molar-refractivity contribution is 7.98. The summed E-state index contributed by atoms with van der Waals surface area (Å²) in [5.74, 6) is 0.0904. The summed E-state index contributed by atoms with van der Waals surface area (Å²) in [7, 11) is 1.74. The minimum atomic E-state index is -0.148. The van der Waals surface area contributed by atoms with E-state index in [4.69, 9.17) is 0 Å². The van der Waals surface area contributed by atoms with Gasteiger partial charge < -0.3 is 9.67 Å². The molecule has 0 radical (unpaired) electrons. The molecule has 3 aromatic rings. The molecule has 0 aliphatic carbocycles. The third-order valence-electron chi connectivity index (χ3n) is 3.91. The molecule has 0 saturated carbocycles. The van der Waals surface area contributed by atoms with Gasteiger partial charge in [-0.3, -0.25) is 4.79 Å². The minimum absolute atomic E-state index is 0.0904. The average Bonchev–Trinajstić information content (AvgIpc) is 2.57. The first-order chi connectivity index (χ1) is 10.6. The molecule has 0 aliphatic rings. The number of thioether (sulfide) groups is 1. The number of hydrogen-bond donors (Lipinski definition) is 1. The highest BCUT2D eigenvalue weighted by Gasteiger charge is 2.14. The van der Waals surface area contributed by atoms with Crippen molar-refractivity contribution in [1.29, 1.82) is 0 Å². The maximum atomic E-state index is 12.5. The van der Waals surface area contributed by atoms with Crippen LogP contribution in [0.3, 0.4) is 0 Å². The number of nitrogens with zero attached hydrogens (tertiary/aromatic N) is 1. The first-order valence-corrected chi connectivity index (χ1v) is 8.27. The number of hydrogen-bond acceptors (Lipinski definition) is 3. The van der Waals surface area contributed by atoms with Crippen molar-refractivity contribution in [3.05, 3.63) is 70.0 Å². The normalized spacial score (nSPS) is 11.0. The van der Waals surface area contributed by atoms with Gasteiger partial charge in [0.1, 0.15) is 5.75 Å². The van der Waals surface area contributed by atoms with E-state index >= 15 is 0 Å². The fourth-order valence-corrected chi connectivity index (χ4v) is 3.06. The number of para-hydroxylation sites is 1. The summed E-state index contributed by atoms with van der Waals surface area (Å²) in [4.78, 5) is 13.7. The van der Waals surface area contributed by atoms with Crippen LogP contribution in [0.4, 0.5) is 0 Å². The van der Waals surface area contributed by atoms with E-state index in [-0.39, 0.29) is 11.3 Å². The second kappa shape index (κ2) is 5.89. The van der Waals surface area contributed by atoms with E-state index in [0.29, 0.717) is 17.4 Å². The Bertz CT molecular complexity index is 882. The average molecular weight is 311 g/mol. The number of aromatic nitrogens is 1. The van der Waals surface area contributed by atoms with E-state index in [1.165, 1.54) is 4.90 Å². The van der Waals surface area contributed by atoms with Crippen molar-refractivity contribution in [2.24, 2.45) is 7.05 Å². The molecule has 0 fully saturated rings. The predicted octanol–water partition coefficient (Wildman–Crippen LogP) is 3.56. The lowest BCUT2D eigenvalue weighted by Crippen LogP contribution is -2.21. The Morgan fingerprint density at radius 3 is 2.45 bits per heavy atom. The molecule has 22 heavy (non-hydrogen) atoms. The van der Waals surface area contributed by atoms with Crippen LogP contribution in [0.2, 0.25) is 0 Å². The Labute approximate surface area is 133 Å². The molecule has 0 spiro atoms. The zero-order valence-electron chi connectivity index (χ0n) is 12.5. The molecule has 1 aromatic heterocycles. The van der Waals surface area contributed by atoms with Crippen LogP contribution in [0, 0.1) is 0 Å². The van der Waals surface area contributed by atoms with Gasteiger partial charge in [-0.05, 0) is 36.1 Å². The molecule has 0 aliphatic heterocycles. The molecule has 0 saturated heterocycles. The van der Waals surface area contributed by atoms with Gasteiger partial charge >= 0.3 is 0 Å². The molecule has 4 heteroatoms. The number of fused-ring (bicyclic) bond motifs is 1. The highest BCUT2D eigenvalue weighted by Crippen LogP contribution is 2.27. The van der Waals surface area contributed by atoms with Gasteiger partial charge in [-0.25, -0.2) is 0 Å². The number of rotatable bonds is 3. The second-order valence-corrected chi connectivity index (χ2v) is 6.11. The lowest BCUT2D eigenvalue weighted by molar-refractivity contribution is 0.473. The summed E-state index contributed by atoms with van der Waals surface area (Å²) in [6.45, 7) is 0. The Kier molecular flexibility index (Phi) is 3.94. The zero-order valence-corrected chi connectivity index (χ0v) is 13.4. The molecule has 1 heterocycles. The van der Waals surface area contributed by atoms with Crippen LogP contribution in [-0.2, 0) is 13.5 Å². The standard InChI is InChI=1S/C18H17NO2S/c1-19-16-6-4-3-5-14(16)17(20)15(18(19)21)11-12-7-9-13(22-2)10-8-12/h3-10,20H,11H2,1-2H3. The number of pyridine rings is 1. The van der Waals surface area contributed by atoms with Crippen LogP contribution in [0.15, 0.2) is 58.2 Å². The summed E-state index contributed by atoms with van der Waals surface area (Å²) in [6, 6.07) is 15.5. The first-order valence-electron chi connectivity index (χ1n) is 7.04. The topological polar surface area (TPSA) is 42.2 Å². The number of aromatic hydroxyl groups is 1. The molecule has 0 unspecified atom stereocenters. The van der Waals surface area contributed by atoms with E-state index in [1.54, 1.807) is 23.4 Å². The van der Waals surface area contributed by atoms with Gasteiger partial charge in [-0.1, -0.05) is 24.3 Å². The third-order valence-corrected chi connectivity index (χ3v) is 4.65. The van der Waals surface area contributed by atoms with Crippen molar-refractivity contribution in [2.45, 2.75) is 11.3 Å². The first kappa shape index (κ1) is 14.7. The lowest BCUT2D eigenvalue weighted by atomic mass is 10.0. The molecule has 3 rings (SSSR count). The Morgan fingerprint density at radius 2 is 1.77 bits per heavy atom. The van der Waals surface area contributed by atoms with Crippen LogP contribution in [-0.4, -0.2) is 15.9 Å².